The van der Waals surface area contributed by atoms with E-state index in [1.54, 1.807) is 24.3 Å². The van der Waals surface area contributed by atoms with Crippen molar-refractivity contribution in [3.8, 4) is 22.5 Å². The highest BCUT2D eigenvalue weighted by atomic mass is 19.4. The van der Waals surface area contributed by atoms with Crippen LogP contribution in [0.2, 0.25) is 0 Å². The summed E-state index contributed by atoms with van der Waals surface area (Å²) >= 11 is 0. The van der Waals surface area contributed by atoms with Gasteiger partial charge in [0.1, 0.15) is 11.6 Å². The Bertz CT molecular complexity index is 1050. The lowest BCUT2D eigenvalue weighted by molar-refractivity contribution is -0.139. The summed E-state index contributed by atoms with van der Waals surface area (Å²) in [5, 5.41) is 0. The summed E-state index contributed by atoms with van der Waals surface area (Å²) < 4.78 is 52.1. The molecule has 0 spiro atoms. The molecule has 0 atom stereocenters. The highest BCUT2D eigenvalue weighted by Gasteiger charge is 2.34. The Morgan fingerprint density at radius 2 is 1.42 bits per heavy atom. The van der Waals surface area contributed by atoms with E-state index in [0.717, 1.165) is 28.7 Å². The molecular formula is C20H12F4N2. The molecule has 0 aliphatic heterocycles. The second-order valence-electron chi connectivity index (χ2n) is 5.87. The number of nitrogens with one attached hydrogen (secondary N) is 1. The van der Waals surface area contributed by atoms with Crippen LogP contribution < -0.4 is 0 Å². The fraction of sp³-hybridized carbons (Fsp3) is 0.0500. The van der Waals surface area contributed by atoms with Gasteiger partial charge in [-0.1, -0.05) is 42.5 Å². The molecule has 0 aliphatic carbocycles. The van der Waals surface area contributed by atoms with Crippen LogP contribution in [0.4, 0.5) is 17.6 Å². The molecule has 0 bridgehead atoms. The molecule has 1 aromatic heterocycles. The topological polar surface area (TPSA) is 28.7 Å². The number of para-hydroxylation sites is 2. The van der Waals surface area contributed by atoms with Crippen LogP contribution in [0.5, 0.6) is 0 Å². The van der Waals surface area contributed by atoms with Crippen LogP contribution in [-0.2, 0) is 6.18 Å². The Kier molecular flexibility index (Phi) is 3.76. The Labute approximate surface area is 146 Å². The van der Waals surface area contributed by atoms with Gasteiger partial charge in [0.15, 0.2) is 0 Å². The van der Waals surface area contributed by atoms with E-state index in [-0.39, 0.29) is 0 Å². The third-order valence-electron chi connectivity index (χ3n) is 4.15. The smallest absolute Gasteiger partial charge is 0.338 e. The van der Waals surface area contributed by atoms with E-state index < -0.39 is 17.6 Å². The largest absolute Gasteiger partial charge is 0.419 e. The summed E-state index contributed by atoms with van der Waals surface area (Å²) in [5.41, 5.74) is 2.14. The SMILES string of the molecule is Fc1ccc(-c2ccc(-c3nc4ccccc4[nH]3)cc2)cc1C(F)(F)F. The number of aromatic nitrogens is 2. The van der Waals surface area contributed by atoms with Crippen LogP contribution in [0, 0.1) is 5.82 Å². The fourth-order valence-electron chi connectivity index (χ4n) is 2.83. The molecule has 3 aromatic carbocycles. The number of halogens is 4. The van der Waals surface area contributed by atoms with Crippen molar-refractivity contribution in [1.82, 2.24) is 9.97 Å². The molecular weight excluding hydrogens is 344 g/mol. The lowest BCUT2D eigenvalue weighted by Crippen LogP contribution is -2.08. The average molecular weight is 356 g/mol. The number of benzene rings is 3. The normalized spacial score (nSPS) is 11.8. The maximum Gasteiger partial charge on any atom is 0.419 e. The van der Waals surface area contributed by atoms with Crippen LogP contribution >= 0.6 is 0 Å². The van der Waals surface area contributed by atoms with Gasteiger partial charge in [0.2, 0.25) is 0 Å². The van der Waals surface area contributed by atoms with Crippen LogP contribution in [0.15, 0.2) is 66.7 Å². The molecule has 0 saturated carbocycles. The third kappa shape index (κ3) is 2.94. The first-order valence-corrected chi connectivity index (χ1v) is 7.84. The van der Waals surface area contributed by atoms with E-state index in [1.807, 2.05) is 24.3 Å². The van der Waals surface area contributed by atoms with Gasteiger partial charge in [-0.3, -0.25) is 0 Å². The lowest BCUT2D eigenvalue weighted by atomic mass is 10.0. The average Bonchev–Trinajstić information content (AvgIpc) is 3.05. The Balaban J connectivity index is 1.70. The maximum absolute atomic E-state index is 13.4. The number of hydrogen-bond donors (Lipinski definition) is 1. The molecule has 0 unspecified atom stereocenters. The molecule has 130 valence electrons. The van der Waals surface area contributed by atoms with E-state index in [0.29, 0.717) is 17.0 Å². The van der Waals surface area contributed by atoms with E-state index in [9.17, 15) is 17.6 Å². The van der Waals surface area contributed by atoms with Crippen LogP contribution in [0.25, 0.3) is 33.5 Å². The van der Waals surface area contributed by atoms with Crippen molar-refractivity contribution in [2.45, 2.75) is 6.18 Å². The van der Waals surface area contributed by atoms with Gasteiger partial charge >= 0.3 is 6.18 Å². The second kappa shape index (κ2) is 5.98. The maximum atomic E-state index is 13.4. The Hall–Kier alpha value is -3.15. The second-order valence-corrected chi connectivity index (χ2v) is 5.87. The summed E-state index contributed by atoms with van der Waals surface area (Å²) in [6, 6.07) is 17.5. The van der Waals surface area contributed by atoms with Gasteiger partial charge in [0.25, 0.3) is 0 Å². The third-order valence-corrected chi connectivity index (χ3v) is 4.15. The quantitative estimate of drug-likeness (QED) is 0.435. The Morgan fingerprint density at radius 3 is 2.12 bits per heavy atom. The number of fused-ring (bicyclic) bond motifs is 1. The molecule has 0 amide bonds. The number of aromatic amines is 1. The fourth-order valence-corrected chi connectivity index (χ4v) is 2.83. The molecule has 1 heterocycles. The zero-order valence-corrected chi connectivity index (χ0v) is 13.3. The zero-order valence-electron chi connectivity index (χ0n) is 13.3. The minimum Gasteiger partial charge on any atom is -0.338 e. The predicted molar refractivity (Wildman–Crippen MR) is 91.9 cm³/mol. The predicted octanol–water partition coefficient (Wildman–Crippen LogP) is 6.05. The van der Waals surface area contributed by atoms with E-state index in [1.165, 1.54) is 6.07 Å². The van der Waals surface area contributed by atoms with Crippen molar-refractivity contribution in [3.63, 3.8) is 0 Å². The lowest BCUT2D eigenvalue weighted by Gasteiger charge is -2.10. The summed E-state index contributed by atoms with van der Waals surface area (Å²) in [6.07, 6.45) is -4.73. The molecule has 4 rings (SSSR count). The summed E-state index contributed by atoms with van der Waals surface area (Å²) in [4.78, 5) is 7.69. The first kappa shape index (κ1) is 16.3. The van der Waals surface area contributed by atoms with Crippen molar-refractivity contribution in [2.24, 2.45) is 0 Å². The Morgan fingerprint density at radius 1 is 0.769 bits per heavy atom. The van der Waals surface area contributed by atoms with Gasteiger partial charge in [0, 0.05) is 5.56 Å². The van der Waals surface area contributed by atoms with Gasteiger partial charge in [-0.05, 0) is 35.4 Å². The number of hydrogen-bond acceptors (Lipinski definition) is 1. The van der Waals surface area contributed by atoms with Crippen LogP contribution in [-0.4, -0.2) is 9.97 Å². The minimum absolute atomic E-state index is 0.301. The number of alkyl halides is 3. The highest BCUT2D eigenvalue weighted by molar-refractivity contribution is 5.79. The standard InChI is InChI=1S/C20H12F4N2/c21-16-10-9-14(11-15(16)20(22,23)24)12-5-7-13(8-6-12)19-25-17-3-1-2-4-18(17)26-19/h1-11H,(H,25,26). The van der Waals surface area contributed by atoms with Gasteiger partial charge in [0.05, 0.1) is 16.6 Å². The summed E-state index contributed by atoms with van der Waals surface area (Å²) in [5.74, 6) is -0.604. The highest BCUT2D eigenvalue weighted by Crippen LogP contribution is 2.34. The van der Waals surface area contributed by atoms with Crippen LogP contribution in [0.3, 0.4) is 0 Å². The number of rotatable bonds is 2. The monoisotopic (exact) mass is 356 g/mol. The van der Waals surface area contributed by atoms with Gasteiger partial charge in [-0.2, -0.15) is 13.2 Å². The number of H-pyrrole nitrogens is 1. The van der Waals surface area contributed by atoms with Crippen LogP contribution in [0.1, 0.15) is 5.56 Å². The molecule has 0 aliphatic rings. The summed E-state index contributed by atoms with van der Waals surface area (Å²) in [6.45, 7) is 0. The van der Waals surface area contributed by atoms with Gasteiger partial charge < -0.3 is 4.98 Å². The first-order chi connectivity index (χ1) is 12.4. The summed E-state index contributed by atoms with van der Waals surface area (Å²) in [7, 11) is 0. The number of imidazole rings is 1. The van der Waals surface area contributed by atoms with Crippen molar-refractivity contribution in [3.05, 3.63) is 78.1 Å². The van der Waals surface area contributed by atoms with E-state index >= 15 is 0 Å². The minimum atomic E-state index is -4.73. The van der Waals surface area contributed by atoms with Gasteiger partial charge in [-0.25, -0.2) is 9.37 Å². The van der Waals surface area contributed by atoms with Crippen molar-refractivity contribution in [2.75, 3.05) is 0 Å². The molecule has 1 N–H and O–H groups in total. The molecule has 0 radical (unpaired) electrons. The molecule has 2 nitrogen and oxygen atoms in total. The van der Waals surface area contributed by atoms with Gasteiger partial charge in [-0.15, -0.1) is 0 Å². The number of nitrogens with zero attached hydrogens (tertiary/aromatic N) is 1. The molecule has 26 heavy (non-hydrogen) atoms. The zero-order chi connectivity index (χ0) is 18.3. The molecule has 0 fully saturated rings. The molecule has 6 heteroatoms. The van der Waals surface area contributed by atoms with Crippen molar-refractivity contribution < 1.29 is 17.6 Å². The van der Waals surface area contributed by atoms with Crippen molar-refractivity contribution in [1.29, 1.82) is 0 Å². The van der Waals surface area contributed by atoms with Crippen molar-refractivity contribution >= 4 is 11.0 Å². The molecule has 4 aromatic rings. The van der Waals surface area contributed by atoms with E-state index in [4.69, 9.17) is 0 Å². The van der Waals surface area contributed by atoms with E-state index in [2.05, 4.69) is 9.97 Å². The first-order valence-electron chi connectivity index (χ1n) is 7.84. The molecule has 0 saturated heterocycles.